The lowest BCUT2D eigenvalue weighted by Gasteiger charge is -2.49. The predicted octanol–water partition coefficient (Wildman–Crippen LogP) is 4.26. The van der Waals surface area contributed by atoms with Gasteiger partial charge in [0, 0.05) is 32.0 Å². The van der Waals surface area contributed by atoms with Crippen LogP contribution in [0.4, 0.5) is 0 Å². The quantitative estimate of drug-likeness (QED) is 0.244. The van der Waals surface area contributed by atoms with Gasteiger partial charge in [0.1, 0.15) is 23.9 Å². The van der Waals surface area contributed by atoms with Gasteiger partial charge in [-0.1, -0.05) is 51.1 Å². The Labute approximate surface area is 370 Å². The van der Waals surface area contributed by atoms with Gasteiger partial charge in [-0.05, 0) is 107 Å². The lowest BCUT2D eigenvalue weighted by Crippen LogP contribution is -2.61. The molecule has 0 spiro atoms. The van der Waals surface area contributed by atoms with Crippen LogP contribution in [-0.2, 0) is 42.7 Å². The topological polar surface area (TPSA) is 186 Å². The van der Waals surface area contributed by atoms with Gasteiger partial charge in [0.05, 0.1) is 53.5 Å². The molecule has 0 saturated carbocycles. The van der Waals surface area contributed by atoms with Gasteiger partial charge >= 0.3 is 11.9 Å². The van der Waals surface area contributed by atoms with Crippen molar-refractivity contribution in [1.29, 1.82) is 0 Å². The molecule has 0 amide bonds. The summed E-state index contributed by atoms with van der Waals surface area (Å²) in [6.07, 6.45) is -8.64. The Hall–Kier alpha value is -2.28. The van der Waals surface area contributed by atoms with Gasteiger partial charge in [-0.3, -0.25) is 9.59 Å². The number of methoxy groups -OCH3 is 1. The van der Waals surface area contributed by atoms with Crippen molar-refractivity contribution in [3.63, 3.8) is 0 Å². The number of aliphatic hydroxyl groups excluding tert-OH is 2. The average Bonchev–Trinajstić information content (AvgIpc) is 3.21. The summed E-state index contributed by atoms with van der Waals surface area (Å²) in [5.41, 5.74) is -3.73. The smallest absolute Gasteiger partial charge is 0.313 e. The van der Waals surface area contributed by atoms with Crippen LogP contribution >= 0.6 is 0 Å². The molecular weight excluding hydrogens is 801 g/mol. The fourth-order valence-electron chi connectivity index (χ4n) is 9.96. The number of carbonyl (C=O) groups is 2. The molecule has 356 valence electrons. The molecule has 15 heteroatoms. The summed E-state index contributed by atoms with van der Waals surface area (Å²) in [7, 11) is 7.17. The Morgan fingerprint density at radius 3 is 2.16 bits per heavy atom. The van der Waals surface area contributed by atoms with Gasteiger partial charge in [-0.15, -0.1) is 0 Å². The third-order valence-corrected chi connectivity index (χ3v) is 14.1. The second-order valence-electron chi connectivity index (χ2n) is 19.7. The van der Waals surface area contributed by atoms with Crippen LogP contribution in [0.2, 0.25) is 0 Å². The number of benzene rings is 1. The van der Waals surface area contributed by atoms with Gasteiger partial charge in [-0.2, -0.15) is 0 Å². The minimum Gasteiger partial charge on any atom is -0.459 e. The maximum atomic E-state index is 14.5. The molecule has 3 fully saturated rings. The van der Waals surface area contributed by atoms with Gasteiger partial charge in [-0.25, -0.2) is 0 Å². The molecule has 3 saturated heterocycles. The zero-order valence-electron chi connectivity index (χ0n) is 40.0. The minimum absolute atomic E-state index is 0.104. The van der Waals surface area contributed by atoms with E-state index in [4.69, 9.17) is 33.2 Å². The van der Waals surface area contributed by atoms with Crippen LogP contribution in [0, 0.1) is 17.8 Å². The molecule has 0 bridgehead atoms. The number of cyclic esters (lactones) is 1. The molecule has 4 N–H and O–H groups in total. The number of carbonyl (C=O) groups excluding carboxylic acids is 2. The van der Waals surface area contributed by atoms with E-state index in [1.54, 1.807) is 48.5 Å². The summed E-state index contributed by atoms with van der Waals surface area (Å²) >= 11 is 0. The molecule has 19 atom stereocenters. The lowest BCUT2D eigenvalue weighted by molar-refractivity contribution is -0.319. The van der Waals surface area contributed by atoms with Crippen molar-refractivity contribution in [3.05, 3.63) is 35.9 Å². The van der Waals surface area contributed by atoms with Crippen molar-refractivity contribution in [1.82, 2.24) is 9.80 Å². The maximum Gasteiger partial charge on any atom is 0.313 e. The second-order valence-corrected chi connectivity index (χ2v) is 19.7. The van der Waals surface area contributed by atoms with Crippen molar-refractivity contribution in [2.75, 3.05) is 34.8 Å². The van der Waals surface area contributed by atoms with Crippen molar-refractivity contribution in [3.8, 4) is 0 Å². The Morgan fingerprint density at radius 1 is 0.952 bits per heavy atom. The molecule has 2 unspecified atom stereocenters. The molecule has 0 radical (unpaired) electrons. The van der Waals surface area contributed by atoms with E-state index in [1.165, 1.54) is 14.0 Å². The third-order valence-electron chi connectivity index (χ3n) is 14.1. The number of aliphatic hydroxyl groups is 4. The number of nitrogens with zero attached hydrogens (tertiary/aromatic N) is 2. The third kappa shape index (κ3) is 11.9. The fourth-order valence-corrected chi connectivity index (χ4v) is 9.96. The van der Waals surface area contributed by atoms with E-state index in [9.17, 15) is 30.0 Å². The largest absolute Gasteiger partial charge is 0.459 e. The zero-order chi connectivity index (χ0) is 46.6. The standard InChI is InChI=1S/C47H80N2O13/c1-16-35-47(11,55)39(50)31(7)49(14)25-26(2)23-45(9,54)41(29(5)37(30(6)43(53)59-35)60-36-24-46(10,56-15)40(51)32(8)58-36)62-44-38(34(48(12)13)22-27(3)57-44)61-42(52)28(4)33-20-18-17-19-21-33/h17-21,26-32,34-41,44,50-51,54-55H,16,22-25H2,1-15H3/t26-,27-,28?,29+,30-,31-,32+,34?,35-,36+,37+,38-,39-,40+,41-,44+,45-,46-,47-/m1/s1. The number of rotatable bonds is 10. The summed E-state index contributed by atoms with van der Waals surface area (Å²) in [6.45, 7) is 19.8. The van der Waals surface area contributed by atoms with Gasteiger partial charge in [0.15, 0.2) is 18.7 Å². The first kappa shape index (κ1) is 52.3. The molecule has 62 heavy (non-hydrogen) atoms. The molecule has 3 aliphatic heterocycles. The number of hydrogen-bond donors (Lipinski definition) is 4. The van der Waals surface area contributed by atoms with Crippen LogP contribution in [0.25, 0.3) is 0 Å². The molecule has 3 heterocycles. The Morgan fingerprint density at radius 2 is 1.58 bits per heavy atom. The number of likely N-dealkylation sites (N-methyl/N-ethyl adjacent to an activating group) is 2. The minimum atomic E-state index is -1.83. The molecule has 1 aromatic rings. The van der Waals surface area contributed by atoms with E-state index in [0.717, 1.165) is 5.56 Å². The summed E-state index contributed by atoms with van der Waals surface area (Å²) in [4.78, 5) is 32.4. The van der Waals surface area contributed by atoms with E-state index in [2.05, 4.69) is 0 Å². The first-order valence-corrected chi connectivity index (χ1v) is 22.6. The Balaban J connectivity index is 1.86. The number of hydrogen-bond acceptors (Lipinski definition) is 15. The molecule has 15 nitrogen and oxygen atoms in total. The predicted molar refractivity (Wildman–Crippen MR) is 233 cm³/mol. The fraction of sp³-hybridized carbons (Fsp3) is 0.830. The molecule has 0 aliphatic carbocycles. The highest BCUT2D eigenvalue weighted by atomic mass is 16.7. The summed E-state index contributed by atoms with van der Waals surface area (Å²) in [5.74, 6) is -3.82. The van der Waals surface area contributed by atoms with Crippen molar-refractivity contribution >= 4 is 11.9 Å². The van der Waals surface area contributed by atoms with Crippen LogP contribution in [0.3, 0.4) is 0 Å². The highest BCUT2D eigenvalue weighted by Gasteiger charge is 2.53. The number of ether oxygens (including phenoxy) is 7. The summed E-state index contributed by atoms with van der Waals surface area (Å²) < 4.78 is 45.0. The van der Waals surface area contributed by atoms with E-state index >= 15 is 0 Å². The normalized spacial score (nSPS) is 43.9. The summed E-state index contributed by atoms with van der Waals surface area (Å²) in [6, 6.07) is 8.49. The monoisotopic (exact) mass is 881 g/mol. The SMILES string of the molecule is CC[C@H]1OC(=O)[C@H](C)[C@@H](O[C@H]2C[C@@](C)(OC)[C@@H](O)[C@H](C)O2)[C@H](C)[C@@H](O[C@@H]2O[C@H](C)CC(N(C)C)[C@H]2OC(=O)C(C)c2ccccc2)[C@](C)(O)C[C@@H](C)CN(C)[C@H](C)[C@@H](O)[C@]1(C)O. The highest BCUT2D eigenvalue weighted by Crippen LogP contribution is 2.41. The van der Waals surface area contributed by atoms with Gasteiger partial charge in [0.2, 0.25) is 0 Å². The van der Waals surface area contributed by atoms with Crippen LogP contribution in [0.1, 0.15) is 113 Å². The molecule has 0 aromatic heterocycles. The molecular formula is C47H80N2O13. The van der Waals surface area contributed by atoms with Gasteiger partial charge in [0.25, 0.3) is 0 Å². The van der Waals surface area contributed by atoms with Crippen LogP contribution in [-0.4, -0.2) is 167 Å². The zero-order valence-corrected chi connectivity index (χ0v) is 40.0. The second kappa shape index (κ2) is 21.4. The lowest BCUT2D eigenvalue weighted by atomic mass is 9.77. The van der Waals surface area contributed by atoms with Crippen molar-refractivity contribution < 1.29 is 63.2 Å². The van der Waals surface area contributed by atoms with E-state index < -0.39 is 108 Å². The first-order valence-electron chi connectivity index (χ1n) is 22.6. The van der Waals surface area contributed by atoms with E-state index in [0.29, 0.717) is 13.0 Å². The van der Waals surface area contributed by atoms with Crippen LogP contribution < -0.4 is 0 Å². The van der Waals surface area contributed by atoms with Crippen LogP contribution in [0.5, 0.6) is 0 Å². The van der Waals surface area contributed by atoms with E-state index in [-0.39, 0.29) is 37.3 Å². The van der Waals surface area contributed by atoms with Crippen molar-refractivity contribution in [2.45, 2.75) is 198 Å². The average molecular weight is 881 g/mol. The van der Waals surface area contributed by atoms with Crippen LogP contribution in [0.15, 0.2) is 30.3 Å². The molecule has 4 rings (SSSR count). The maximum absolute atomic E-state index is 14.5. The van der Waals surface area contributed by atoms with E-state index in [1.807, 2.05) is 82.0 Å². The molecule has 3 aliphatic rings. The molecule has 1 aromatic carbocycles. The van der Waals surface area contributed by atoms with Crippen molar-refractivity contribution in [2.24, 2.45) is 17.8 Å². The first-order chi connectivity index (χ1) is 28.8. The summed E-state index contributed by atoms with van der Waals surface area (Å²) in [5, 5.41) is 47.4. The highest BCUT2D eigenvalue weighted by molar-refractivity contribution is 5.78. The number of esters is 2. The van der Waals surface area contributed by atoms with Gasteiger partial charge < -0.3 is 63.4 Å². The Kier molecular flexibility index (Phi) is 18.0. The Bertz CT molecular complexity index is 1580.